The minimum Gasteiger partial charge on any atom is -0.489 e. The van der Waals surface area contributed by atoms with Gasteiger partial charge in [0.25, 0.3) is 0 Å². The van der Waals surface area contributed by atoms with Crippen molar-refractivity contribution in [2.45, 2.75) is 25.0 Å². The van der Waals surface area contributed by atoms with Gasteiger partial charge in [0.05, 0.1) is 17.4 Å². The Morgan fingerprint density at radius 1 is 1.29 bits per heavy atom. The molecule has 0 saturated carbocycles. The Morgan fingerprint density at radius 2 is 2.05 bits per heavy atom. The van der Waals surface area contributed by atoms with E-state index in [1.807, 2.05) is 11.0 Å². The normalized spacial score (nSPS) is 17.0. The number of anilines is 1. The fourth-order valence-electron chi connectivity index (χ4n) is 4.26. The second-order valence-electron chi connectivity index (χ2n) is 9.06. The van der Waals surface area contributed by atoms with Gasteiger partial charge in [-0.25, -0.2) is 9.97 Å². The van der Waals surface area contributed by atoms with Crippen molar-refractivity contribution in [1.29, 1.82) is 5.26 Å². The van der Waals surface area contributed by atoms with Gasteiger partial charge in [-0.15, -0.1) is 0 Å². The largest absolute Gasteiger partial charge is 0.489 e. The molecule has 2 fully saturated rings. The number of ether oxygens (including phenoxy) is 1. The molecule has 4 rings (SSSR count). The summed E-state index contributed by atoms with van der Waals surface area (Å²) in [6.07, 6.45) is 7.46. The van der Waals surface area contributed by atoms with Crippen molar-refractivity contribution in [3.05, 3.63) is 72.4 Å². The zero-order valence-electron chi connectivity index (χ0n) is 21.0. The lowest BCUT2D eigenvalue weighted by molar-refractivity contribution is -0.135. The van der Waals surface area contributed by atoms with Gasteiger partial charge >= 0.3 is 0 Å². The molecule has 5 N–H and O–H groups in total. The number of piperidine rings is 1. The lowest BCUT2D eigenvalue weighted by Gasteiger charge is -2.37. The van der Waals surface area contributed by atoms with Crippen LogP contribution in [0.1, 0.15) is 18.4 Å². The van der Waals surface area contributed by atoms with E-state index in [1.54, 1.807) is 47.5 Å². The van der Waals surface area contributed by atoms with Crippen LogP contribution < -0.4 is 15.8 Å². The van der Waals surface area contributed by atoms with Crippen molar-refractivity contribution in [3.63, 3.8) is 0 Å². The summed E-state index contributed by atoms with van der Waals surface area (Å²) in [5.74, 6) is 1.04. The molecule has 3 heterocycles. The molecule has 0 unspecified atom stereocenters. The van der Waals surface area contributed by atoms with Gasteiger partial charge in [-0.05, 0) is 30.3 Å². The van der Waals surface area contributed by atoms with Gasteiger partial charge in [-0.1, -0.05) is 12.7 Å². The number of rotatable bonds is 9. The average molecular weight is 518 g/mol. The number of β-amino-alcohol motifs (C(OH)–C–C–N with tert-alkyl or cyclic N) is 1. The van der Waals surface area contributed by atoms with E-state index >= 15 is 0 Å². The Labute approximate surface area is 221 Å². The Kier molecular flexibility index (Phi) is 8.58. The number of allylic oxidation sites excluding steroid dienone is 3. The van der Waals surface area contributed by atoms with E-state index in [-0.39, 0.29) is 18.1 Å². The molecule has 0 spiro atoms. The first-order chi connectivity index (χ1) is 18.4. The first-order valence-corrected chi connectivity index (χ1v) is 12.3. The summed E-state index contributed by atoms with van der Waals surface area (Å²) in [6, 6.07) is 9.25. The third kappa shape index (κ3) is 6.47. The maximum atomic E-state index is 11.7. The highest BCUT2D eigenvalue weighted by molar-refractivity contribution is 5.77. The Morgan fingerprint density at radius 3 is 2.71 bits per heavy atom. The number of hydrogen-bond donors (Lipinski definition) is 4. The van der Waals surface area contributed by atoms with Crippen molar-refractivity contribution in [2.24, 2.45) is 5.73 Å². The molecule has 2 aliphatic rings. The van der Waals surface area contributed by atoms with Crippen molar-refractivity contribution >= 4 is 11.9 Å². The van der Waals surface area contributed by atoms with Crippen LogP contribution in [0.15, 0.2) is 66.8 Å². The van der Waals surface area contributed by atoms with Crippen LogP contribution in [0.25, 0.3) is 11.3 Å². The number of nitriles is 1. The maximum Gasteiger partial charge on any atom is 0.248 e. The molecule has 0 atom stereocenters. The summed E-state index contributed by atoms with van der Waals surface area (Å²) >= 11 is 0. The van der Waals surface area contributed by atoms with Crippen LogP contribution in [-0.2, 0) is 4.79 Å². The standard InChI is InChI=1S/C27H31N7O4/c1-2-3-20(13-25(29)34-15-21(36)16-34)31-27-30-9-6-23(32-27)18-4-5-24(19(12-18)14-28)38-22-7-10-33(11-8-22)26(37)17-35/h2-6,9,12-13,21-22,35-36H,1,7-8,10-11,15-17,29H2,(H,30,31,32)/b20-3+,25-13+. The van der Waals surface area contributed by atoms with Crippen molar-refractivity contribution in [2.75, 3.05) is 38.1 Å². The highest BCUT2D eigenvalue weighted by Crippen LogP contribution is 2.28. The van der Waals surface area contributed by atoms with Crippen LogP contribution in [0.3, 0.4) is 0 Å². The topological polar surface area (TPSA) is 161 Å². The molecule has 0 aliphatic carbocycles. The number of aromatic nitrogens is 2. The minimum absolute atomic E-state index is 0.124. The zero-order valence-corrected chi connectivity index (χ0v) is 21.0. The van der Waals surface area contributed by atoms with Crippen molar-refractivity contribution < 1.29 is 19.7 Å². The molecular formula is C27H31N7O4. The molecule has 1 aromatic carbocycles. The van der Waals surface area contributed by atoms with Crippen LogP contribution in [0, 0.1) is 11.3 Å². The van der Waals surface area contributed by atoms with E-state index in [2.05, 4.69) is 27.9 Å². The van der Waals surface area contributed by atoms with Crippen LogP contribution in [0.5, 0.6) is 5.75 Å². The van der Waals surface area contributed by atoms with E-state index in [0.29, 0.717) is 73.5 Å². The number of amides is 1. The highest BCUT2D eigenvalue weighted by atomic mass is 16.5. The lowest BCUT2D eigenvalue weighted by Crippen LogP contribution is -2.51. The van der Waals surface area contributed by atoms with E-state index in [1.165, 1.54) is 0 Å². The molecule has 2 aromatic rings. The van der Waals surface area contributed by atoms with E-state index in [4.69, 9.17) is 15.6 Å². The van der Waals surface area contributed by atoms with E-state index in [0.717, 1.165) is 5.56 Å². The quantitative estimate of drug-likeness (QED) is 0.357. The average Bonchev–Trinajstić information content (AvgIpc) is 2.91. The number of nitrogens with two attached hydrogens (primary N) is 1. The van der Waals surface area contributed by atoms with Gasteiger partial charge in [0.1, 0.15) is 30.4 Å². The molecule has 1 aromatic heterocycles. The third-order valence-electron chi connectivity index (χ3n) is 6.36. The molecule has 0 radical (unpaired) electrons. The Balaban J connectivity index is 1.45. The molecule has 38 heavy (non-hydrogen) atoms. The van der Waals surface area contributed by atoms with E-state index in [9.17, 15) is 15.2 Å². The number of likely N-dealkylation sites (tertiary alicyclic amines) is 2. The monoisotopic (exact) mass is 517 g/mol. The number of benzene rings is 1. The van der Waals surface area contributed by atoms with Gasteiger partial charge in [-0.2, -0.15) is 5.26 Å². The highest BCUT2D eigenvalue weighted by Gasteiger charge is 2.25. The number of nitrogens with one attached hydrogen (secondary N) is 1. The van der Waals surface area contributed by atoms with Crippen LogP contribution >= 0.6 is 0 Å². The van der Waals surface area contributed by atoms with Crippen LogP contribution in [-0.4, -0.2) is 80.9 Å². The van der Waals surface area contributed by atoms with Crippen LogP contribution in [0.2, 0.25) is 0 Å². The molecular weight excluding hydrogens is 486 g/mol. The van der Waals surface area contributed by atoms with E-state index < -0.39 is 6.61 Å². The van der Waals surface area contributed by atoms with Gasteiger partial charge in [0.15, 0.2) is 0 Å². The Hall–Kier alpha value is -4.40. The zero-order chi connectivity index (χ0) is 27.1. The minimum atomic E-state index is -0.494. The molecule has 1 amide bonds. The molecule has 0 bridgehead atoms. The molecule has 11 nitrogen and oxygen atoms in total. The van der Waals surface area contributed by atoms with Gasteiger partial charge in [0, 0.05) is 62.6 Å². The molecule has 2 aliphatic heterocycles. The Bertz CT molecular complexity index is 1270. The summed E-state index contributed by atoms with van der Waals surface area (Å²) in [5, 5.41) is 31.4. The summed E-state index contributed by atoms with van der Waals surface area (Å²) in [4.78, 5) is 24.0. The summed E-state index contributed by atoms with van der Waals surface area (Å²) in [5.41, 5.74) is 8.48. The number of nitrogens with zero attached hydrogens (tertiary/aromatic N) is 5. The molecule has 198 valence electrons. The number of aliphatic hydroxyl groups is 2. The smallest absolute Gasteiger partial charge is 0.248 e. The fourth-order valence-corrected chi connectivity index (χ4v) is 4.26. The number of aliphatic hydroxyl groups excluding tert-OH is 2. The van der Waals surface area contributed by atoms with Gasteiger partial charge in [0.2, 0.25) is 11.9 Å². The first kappa shape index (κ1) is 26.7. The third-order valence-corrected chi connectivity index (χ3v) is 6.36. The van der Waals surface area contributed by atoms with Crippen molar-refractivity contribution in [1.82, 2.24) is 19.8 Å². The lowest BCUT2D eigenvalue weighted by atomic mass is 10.1. The predicted octanol–water partition coefficient (Wildman–Crippen LogP) is 1.34. The molecule has 2 saturated heterocycles. The number of hydrogen-bond acceptors (Lipinski definition) is 10. The summed E-state index contributed by atoms with van der Waals surface area (Å²) < 4.78 is 6.09. The second kappa shape index (κ2) is 12.2. The predicted molar refractivity (Wildman–Crippen MR) is 141 cm³/mol. The fraction of sp³-hybridized carbons (Fsp3) is 0.333. The number of carbonyl (C=O) groups excluding carboxylic acids is 1. The second-order valence-corrected chi connectivity index (χ2v) is 9.06. The molecule has 11 heteroatoms. The van der Waals surface area contributed by atoms with Crippen LogP contribution in [0.4, 0.5) is 5.95 Å². The summed E-state index contributed by atoms with van der Waals surface area (Å²) in [6.45, 7) is 5.22. The SMILES string of the molecule is C=C/C=C(\C=C(/N)N1CC(O)C1)Nc1nccc(-c2ccc(OC3CCN(C(=O)CO)CC3)c(C#N)c2)n1. The maximum absolute atomic E-state index is 11.7. The summed E-state index contributed by atoms with van der Waals surface area (Å²) in [7, 11) is 0. The van der Waals surface area contributed by atoms with Gasteiger partial charge < -0.3 is 35.8 Å². The van der Waals surface area contributed by atoms with Gasteiger partial charge in [-0.3, -0.25) is 4.79 Å². The number of carbonyl (C=O) groups is 1. The first-order valence-electron chi connectivity index (χ1n) is 12.3. The van der Waals surface area contributed by atoms with Crippen molar-refractivity contribution in [3.8, 4) is 23.1 Å².